The number of nitrogens with one attached hydrogen (secondary N) is 2. The second-order valence-corrected chi connectivity index (χ2v) is 8.25. The zero-order valence-electron chi connectivity index (χ0n) is 15.6. The van der Waals surface area contributed by atoms with Crippen LogP contribution in [0, 0.1) is 5.92 Å². The first-order chi connectivity index (χ1) is 11.2. The number of rotatable bonds is 5. The van der Waals surface area contributed by atoms with Gasteiger partial charge in [-0.2, -0.15) is 0 Å². The van der Waals surface area contributed by atoms with E-state index >= 15 is 0 Å². The quantitative estimate of drug-likeness (QED) is 0.806. The third kappa shape index (κ3) is 5.10. The predicted octanol–water partition coefficient (Wildman–Crippen LogP) is 2.28. The number of ether oxygens (including phenoxy) is 1. The minimum Gasteiger partial charge on any atom is -0.444 e. The number of hydrogen-bond acceptors (Lipinski definition) is 4. The molecule has 0 bridgehead atoms. The van der Waals surface area contributed by atoms with Gasteiger partial charge in [0.15, 0.2) is 0 Å². The number of hydrogen-bond donors (Lipinski definition) is 2. The molecule has 0 spiro atoms. The largest absolute Gasteiger partial charge is 0.444 e. The topological polar surface area (TPSA) is 70.7 Å². The summed E-state index contributed by atoms with van der Waals surface area (Å²) in [6.45, 7) is 10.4. The molecule has 6 heteroatoms. The first kappa shape index (κ1) is 19.0. The fraction of sp³-hybridized carbons (Fsp3) is 0.889. The molecule has 1 saturated heterocycles. The van der Waals surface area contributed by atoms with Crippen molar-refractivity contribution in [2.45, 2.75) is 70.9 Å². The van der Waals surface area contributed by atoms with Crippen LogP contribution in [0.15, 0.2) is 0 Å². The summed E-state index contributed by atoms with van der Waals surface area (Å²) in [6.07, 6.45) is 5.11. The molecule has 0 radical (unpaired) electrons. The number of carbonyl (C=O) groups is 2. The van der Waals surface area contributed by atoms with Gasteiger partial charge in [0, 0.05) is 25.2 Å². The maximum absolute atomic E-state index is 12.2. The molecule has 1 aliphatic heterocycles. The van der Waals surface area contributed by atoms with Crippen molar-refractivity contribution in [2.75, 3.05) is 26.2 Å². The van der Waals surface area contributed by atoms with Crippen molar-refractivity contribution in [1.29, 1.82) is 0 Å². The van der Waals surface area contributed by atoms with E-state index in [0.29, 0.717) is 19.0 Å². The van der Waals surface area contributed by atoms with Crippen molar-refractivity contribution in [1.82, 2.24) is 15.5 Å². The third-order valence-corrected chi connectivity index (χ3v) is 5.20. The van der Waals surface area contributed by atoms with E-state index in [1.165, 1.54) is 6.42 Å². The van der Waals surface area contributed by atoms with E-state index in [2.05, 4.69) is 17.6 Å². The number of likely N-dealkylation sites (tertiary alicyclic amines) is 1. The van der Waals surface area contributed by atoms with Gasteiger partial charge in [0.1, 0.15) is 5.60 Å². The van der Waals surface area contributed by atoms with Crippen LogP contribution in [0.25, 0.3) is 0 Å². The Morgan fingerprint density at radius 2 is 1.92 bits per heavy atom. The van der Waals surface area contributed by atoms with Gasteiger partial charge in [0.25, 0.3) is 0 Å². The van der Waals surface area contributed by atoms with Gasteiger partial charge in [-0.1, -0.05) is 19.8 Å². The van der Waals surface area contributed by atoms with Gasteiger partial charge >= 0.3 is 6.09 Å². The van der Waals surface area contributed by atoms with E-state index in [4.69, 9.17) is 4.74 Å². The predicted molar refractivity (Wildman–Crippen MR) is 93.8 cm³/mol. The molecule has 2 N–H and O–H groups in total. The molecule has 24 heavy (non-hydrogen) atoms. The Bertz CT molecular complexity index is 457. The van der Waals surface area contributed by atoms with E-state index in [0.717, 1.165) is 38.8 Å². The minimum absolute atomic E-state index is 0.163. The van der Waals surface area contributed by atoms with Gasteiger partial charge in [0.05, 0.1) is 6.54 Å². The second-order valence-electron chi connectivity index (χ2n) is 8.25. The smallest absolute Gasteiger partial charge is 0.407 e. The Labute approximate surface area is 145 Å². The molecular formula is C18H33N3O3. The number of amides is 2. The highest BCUT2D eigenvalue weighted by Crippen LogP contribution is 2.33. The van der Waals surface area contributed by atoms with Crippen LogP contribution in [-0.2, 0) is 9.53 Å². The van der Waals surface area contributed by atoms with Crippen LogP contribution in [0.1, 0.15) is 59.8 Å². The summed E-state index contributed by atoms with van der Waals surface area (Å²) in [5, 5.41) is 6.40. The molecule has 138 valence electrons. The lowest BCUT2D eigenvalue weighted by molar-refractivity contribution is -0.134. The van der Waals surface area contributed by atoms with E-state index in [1.54, 1.807) is 0 Å². The van der Waals surface area contributed by atoms with Crippen LogP contribution in [0.4, 0.5) is 4.79 Å². The molecule has 6 nitrogen and oxygen atoms in total. The summed E-state index contributed by atoms with van der Waals surface area (Å²) in [4.78, 5) is 26.1. The van der Waals surface area contributed by atoms with E-state index < -0.39 is 11.7 Å². The third-order valence-electron chi connectivity index (χ3n) is 5.20. The first-order valence-electron chi connectivity index (χ1n) is 9.21. The SMILES string of the molecule is CC1CCCCC1(CNC(=O)OC(C)(C)C)NCC(=O)N1CCC1. The van der Waals surface area contributed by atoms with Crippen molar-refractivity contribution >= 4 is 12.0 Å². The summed E-state index contributed by atoms with van der Waals surface area (Å²) >= 11 is 0. The maximum Gasteiger partial charge on any atom is 0.407 e. The Morgan fingerprint density at radius 1 is 1.21 bits per heavy atom. The van der Waals surface area contributed by atoms with Gasteiger partial charge in [-0.25, -0.2) is 4.79 Å². The van der Waals surface area contributed by atoms with Crippen LogP contribution in [0.5, 0.6) is 0 Å². The lowest BCUT2D eigenvalue weighted by atomic mass is 9.73. The van der Waals surface area contributed by atoms with Crippen LogP contribution < -0.4 is 10.6 Å². The van der Waals surface area contributed by atoms with Crippen LogP contribution in [0.2, 0.25) is 0 Å². The zero-order chi connectivity index (χ0) is 17.8. The normalized spacial score (nSPS) is 27.3. The second kappa shape index (κ2) is 7.72. The molecule has 2 aliphatic rings. The highest BCUT2D eigenvalue weighted by molar-refractivity contribution is 5.79. The van der Waals surface area contributed by atoms with E-state index in [9.17, 15) is 9.59 Å². The highest BCUT2D eigenvalue weighted by atomic mass is 16.6. The number of nitrogens with zero attached hydrogens (tertiary/aromatic N) is 1. The average molecular weight is 339 g/mol. The van der Waals surface area contributed by atoms with Crippen molar-refractivity contribution in [2.24, 2.45) is 5.92 Å². The fourth-order valence-electron chi connectivity index (χ4n) is 3.47. The first-order valence-corrected chi connectivity index (χ1v) is 9.21. The zero-order valence-corrected chi connectivity index (χ0v) is 15.6. The van der Waals surface area contributed by atoms with Gasteiger partial charge in [-0.05, 0) is 46.0 Å². The Kier molecular flexibility index (Phi) is 6.12. The lowest BCUT2D eigenvalue weighted by Gasteiger charge is -2.44. The maximum atomic E-state index is 12.2. The Morgan fingerprint density at radius 3 is 2.46 bits per heavy atom. The van der Waals surface area contributed by atoms with Gasteiger partial charge in [-0.3, -0.25) is 4.79 Å². The molecule has 0 aromatic carbocycles. The molecule has 0 aromatic rings. The van der Waals surface area contributed by atoms with Gasteiger partial charge in [-0.15, -0.1) is 0 Å². The fourth-order valence-corrected chi connectivity index (χ4v) is 3.47. The summed E-state index contributed by atoms with van der Waals surface area (Å²) in [7, 11) is 0. The molecular weight excluding hydrogens is 306 g/mol. The molecule has 0 aromatic heterocycles. The molecule has 2 unspecified atom stereocenters. The number of carbonyl (C=O) groups excluding carboxylic acids is 2. The molecule has 2 atom stereocenters. The minimum atomic E-state index is -0.504. The lowest BCUT2D eigenvalue weighted by Crippen LogP contribution is -2.61. The van der Waals surface area contributed by atoms with Crippen molar-refractivity contribution in [3.05, 3.63) is 0 Å². The molecule has 2 amide bonds. The van der Waals surface area contributed by atoms with Crippen molar-refractivity contribution < 1.29 is 14.3 Å². The molecule has 1 saturated carbocycles. The number of alkyl carbamates (subject to hydrolysis) is 1. The summed E-state index contributed by atoms with van der Waals surface area (Å²) in [5.74, 6) is 0.570. The Hall–Kier alpha value is -1.30. The highest BCUT2D eigenvalue weighted by Gasteiger charge is 2.39. The van der Waals surface area contributed by atoms with Crippen LogP contribution in [-0.4, -0.2) is 54.2 Å². The summed E-state index contributed by atoms with van der Waals surface area (Å²) in [6, 6.07) is 0. The van der Waals surface area contributed by atoms with Gasteiger partial charge < -0.3 is 20.3 Å². The summed E-state index contributed by atoms with van der Waals surface area (Å²) < 4.78 is 5.35. The van der Waals surface area contributed by atoms with Crippen molar-refractivity contribution in [3.8, 4) is 0 Å². The molecule has 2 fully saturated rings. The van der Waals surface area contributed by atoms with E-state index in [1.807, 2.05) is 25.7 Å². The monoisotopic (exact) mass is 339 g/mol. The molecule has 1 heterocycles. The van der Waals surface area contributed by atoms with Crippen LogP contribution >= 0.6 is 0 Å². The van der Waals surface area contributed by atoms with Crippen LogP contribution in [0.3, 0.4) is 0 Å². The standard InChI is InChI=1S/C18H33N3O3/c1-14-8-5-6-9-18(14,13-19-16(23)24-17(2,3)4)20-12-15(22)21-10-7-11-21/h14,20H,5-13H2,1-4H3,(H,19,23). The van der Waals surface area contributed by atoms with Gasteiger partial charge in [0.2, 0.25) is 5.91 Å². The average Bonchev–Trinajstić information content (AvgIpc) is 2.42. The molecule has 2 rings (SSSR count). The van der Waals surface area contributed by atoms with E-state index in [-0.39, 0.29) is 11.4 Å². The summed E-state index contributed by atoms with van der Waals surface area (Å²) in [5.41, 5.74) is -0.730. The molecule has 1 aliphatic carbocycles. The van der Waals surface area contributed by atoms with Crippen molar-refractivity contribution in [3.63, 3.8) is 0 Å². The Balaban J connectivity index is 1.92.